The molecule has 0 rings (SSSR count). The Balaban J connectivity index is 4.21. The first kappa shape index (κ1) is 13.9. The number of ether oxygens (including phenoxy) is 1. The van der Waals surface area contributed by atoms with Crippen molar-refractivity contribution >= 4 is 0 Å². The molecule has 14 heavy (non-hydrogen) atoms. The summed E-state index contributed by atoms with van der Waals surface area (Å²) in [5.41, 5.74) is 5.80. The van der Waals surface area contributed by atoms with E-state index in [-0.39, 0.29) is 0 Å². The minimum absolute atomic E-state index is 0.360. The molecule has 0 atom stereocenters. The van der Waals surface area contributed by atoms with E-state index in [1.807, 2.05) is 0 Å². The maximum absolute atomic E-state index is 5.43. The fraction of sp³-hybridized carbons (Fsp3) is 1.00. The lowest BCUT2D eigenvalue weighted by Crippen LogP contribution is -2.28. The highest BCUT2D eigenvalue weighted by Gasteiger charge is 2.27. The van der Waals surface area contributed by atoms with E-state index >= 15 is 0 Å². The van der Waals surface area contributed by atoms with Crippen LogP contribution in [0.2, 0.25) is 0 Å². The zero-order valence-corrected chi connectivity index (χ0v) is 10.1. The van der Waals surface area contributed by atoms with E-state index in [1.54, 1.807) is 0 Å². The molecular formula is C12H27NO. The van der Waals surface area contributed by atoms with Crippen molar-refractivity contribution in [2.45, 2.75) is 59.3 Å². The summed E-state index contributed by atoms with van der Waals surface area (Å²) in [5.74, 6) is 0. The molecule has 0 aromatic rings. The molecule has 0 spiro atoms. The Morgan fingerprint density at radius 2 is 1.36 bits per heavy atom. The van der Waals surface area contributed by atoms with Crippen molar-refractivity contribution < 1.29 is 4.74 Å². The lowest BCUT2D eigenvalue weighted by atomic mass is 9.76. The zero-order chi connectivity index (χ0) is 10.9. The van der Waals surface area contributed by atoms with Crippen molar-refractivity contribution in [1.82, 2.24) is 0 Å². The molecule has 0 radical (unpaired) electrons. The van der Waals surface area contributed by atoms with Gasteiger partial charge in [0.05, 0.1) is 13.3 Å². The fourth-order valence-electron chi connectivity index (χ4n) is 2.46. The molecule has 0 bridgehead atoms. The lowest BCUT2D eigenvalue weighted by molar-refractivity contribution is 0.0281. The molecule has 0 aliphatic carbocycles. The summed E-state index contributed by atoms with van der Waals surface area (Å²) >= 11 is 0. The summed E-state index contributed by atoms with van der Waals surface area (Å²) in [6.45, 7) is 7.96. The third-order valence-corrected chi connectivity index (χ3v) is 2.87. The summed E-state index contributed by atoms with van der Waals surface area (Å²) in [4.78, 5) is 0. The van der Waals surface area contributed by atoms with E-state index in [1.165, 1.54) is 38.5 Å². The highest BCUT2D eigenvalue weighted by molar-refractivity contribution is 4.78. The van der Waals surface area contributed by atoms with Gasteiger partial charge in [-0.15, -0.1) is 0 Å². The van der Waals surface area contributed by atoms with Crippen LogP contribution in [-0.2, 0) is 4.74 Å². The molecule has 0 amide bonds. The van der Waals surface area contributed by atoms with E-state index in [2.05, 4.69) is 20.8 Å². The quantitative estimate of drug-likeness (QED) is 0.581. The van der Waals surface area contributed by atoms with Crippen LogP contribution in [0, 0.1) is 5.41 Å². The Labute approximate surface area is 89.2 Å². The van der Waals surface area contributed by atoms with Gasteiger partial charge in [-0.2, -0.15) is 0 Å². The van der Waals surface area contributed by atoms with Gasteiger partial charge in [0.15, 0.2) is 0 Å². The summed E-state index contributed by atoms with van der Waals surface area (Å²) < 4.78 is 5.43. The van der Waals surface area contributed by atoms with Crippen molar-refractivity contribution in [2.24, 2.45) is 11.1 Å². The molecule has 2 N–H and O–H groups in total. The third-order valence-electron chi connectivity index (χ3n) is 2.87. The van der Waals surface area contributed by atoms with Gasteiger partial charge in [-0.3, -0.25) is 0 Å². The largest absolute Gasteiger partial charge is 0.366 e. The van der Waals surface area contributed by atoms with Crippen LogP contribution in [-0.4, -0.2) is 13.3 Å². The Morgan fingerprint density at radius 1 is 0.929 bits per heavy atom. The maximum Gasteiger partial charge on any atom is 0.0940 e. The Kier molecular flexibility index (Phi) is 8.20. The van der Waals surface area contributed by atoms with Crippen LogP contribution in [0.15, 0.2) is 0 Å². The van der Waals surface area contributed by atoms with Crippen LogP contribution < -0.4 is 5.73 Å². The van der Waals surface area contributed by atoms with Gasteiger partial charge in [-0.1, -0.05) is 40.0 Å². The van der Waals surface area contributed by atoms with Gasteiger partial charge in [-0.05, 0) is 24.7 Å². The SMILES string of the molecule is CCCC(CCC)(CCC)COCN. The first-order valence-corrected chi connectivity index (χ1v) is 6.02. The minimum atomic E-state index is 0.360. The fourth-order valence-corrected chi connectivity index (χ4v) is 2.46. The molecule has 0 aliphatic heterocycles. The Bertz CT molecular complexity index is 108. The molecule has 0 saturated heterocycles. The molecule has 0 unspecified atom stereocenters. The Hall–Kier alpha value is -0.0800. The molecule has 86 valence electrons. The lowest BCUT2D eigenvalue weighted by Gasteiger charge is -2.33. The van der Waals surface area contributed by atoms with Crippen LogP contribution in [0.25, 0.3) is 0 Å². The third kappa shape index (κ3) is 4.97. The zero-order valence-electron chi connectivity index (χ0n) is 10.1. The second-order valence-electron chi connectivity index (χ2n) is 4.27. The van der Waals surface area contributed by atoms with Crippen molar-refractivity contribution in [3.63, 3.8) is 0 Å². The second kappa shape index (κ2) is 8.25. The predicted molar refractivity (Wildman–Crippen MR) is 62.2 cm³/mol. The first-order valence-electron chi connectivity index (χ1n) is 6.02. The van der Waals surface area contributed by atoms with Crippen molar-refractivity contribution in [3.05, 3.63) is 0 Å². The Morgan fingerprint density at radius 3 is 1.64 bits per heavy atom. The van der Waals surface area contributed by atoms with Crippen LogP contribution in [0.3, 0.4) is 0 Å². The van der Waals surface area contributed by atoms with Gasteiger partial charge in [0, 0.05) is 0 Å². The van der Waals surface area contributed by atoms with E-state index < -0.39 is 0 Å². The number of hydrogen-bond donors (Lipinski definition) is 1. The monoisotopic (exact) mass is 201 g/mol. The van der Waals surface area contributed by atoms with Crippen LogP contribution in [0.1, 0.15) is 59.3 Å². The molecule has 0 heterocycles. The van der Waals surface area contributed by atoms with Gasteiger partial charge >= 0.3 is 0 Å². The predicted octanol–water partition coefficient (Wildman–Crippen LogP) is 3.31. The van der Waals surface area contributed by atoms with Gasteiger partial charge in [0.2, 0.25) is 0 Å². The van der Waals surface area contributed by atoms with Crippen LogP contribution in [0.4, 0.5) is 0 Å². The molecule has 0 saturated carbocycles. The summed E-state index contributed by atoms with van der Waals surface area (Å²) in [6.07, 6.45) is 7.55. The van der Waals surface area contributed by atoms with Gasteiger partial charge in [0.25, 0.3) is 0 Å². The topological polar surface area (TPSA) is 35.2 Å². The number of rotatable bonds is 9. The maximum atomic E-state index is 5.43. The molecular weight excluding hydrogens is 174 g/mol. The van der Waals surface area contributed by atoms with Crippen LogP contribution >= 0.6 is 0 Å². The van der Waals surface area contributed by atoms with Crippen molar-refractivity contribution in [1.29, 1.82) is 0 Å². The summed E-state index contributed by atoms with van der Waals surface area (Å²) in [7, 11) is 0. The average molecular weight is 201 g/mol. The molecule has 0 aromatic carbocycles. The number of nitrogens with two attached hydrogens (primary N) is 1. The average Bonchev–Trinajstić information content (AvgIpc) is 2.16. The molecule has 2 nitrogen and oxygen atoms in total. The highest BCUT2D eigenvalue weighted by Crippen LogP contribution is 2.35. The van der Waals surface area contributed by atoms with E-state index in [0.29, 0.717) is 12.1 Å². The first-order chi connectivity index (χ1) is 6.74. The molecule has 0 aliphatic rings. The van der Waals surface area contributed by atoms with Crippen LogP contribution in [0.5, 0.6) is 0 Å². The van der Waals surface area contributed by atoms with E-state index in [4.69, 9.17) is 10.5 Å². The highest BCUT2D eigenvalue weighted by atomic mass is 16.5. The van der Waals surface area contributed by atoms with Gasteiger partial charge in [-0.25, -0.2) is 0 Å². The van der Waals surface area contributed by atoms with E-state index in [0.717, 1.165) is 6.61 Å². The second-order valence-corrected chi connectivity index (χ2v) is 4.27. The smallest absolute Gasteiger partial charge is 0.0940 e. The molecule has 0 aromatic heterocycles. The number of hydrogen-bond acceptors (Lipinski definition) is 2. The summed E-state index contributed by atoms with van der Waals surface area (Å²) in [6, 6.07) is 0. The van der Waals surface area contributed by atoms with Crippen molar-refractivity contribution in [3.8, 4) is 0 Å². The molecule has 2 heteroatoms. The minimum Gasteiger partial charge on any atom is -0.366 e. The molecule has 0 fully saturated rings. The normalized spacial score (nSPS) is 12.0. The summed E-state index contributed by atoms with van der Waals surface area (Å²) in [5, 5.41) is 0. The van der Waals surface area contributed by atoms with Crippen molar-refractivity contribution in [2.75, 3.05) is 13.3 Å². The van der Waals surface area contributed by atoms with E-state index in [9.17, 15) is 0 Å². The van der Waals surface area contributed by atoms with Gasteiger partial charge < -0.3 is 10.5 Å². The standard InChI is InChI=1S/C12H27NO/c1-4-7-12(8-5-2,9-6-3)10-14-11-13/h4-11,13H2,1-3H3. The van der Waals surface area contributed by atoms with Gasteiger partial charge in [0.1, 0.15) is 0 Å².